The standard InChI is InChI=1S/C15H26O2/c1-14(2,3)10-8-11-9(7-12(16)17-11)13(10)15(4,5)6/h9-11,13H,7-8H2,1-6H3. The van der Waals surface area contributed by atoms with Crippen molar-refractivity contribution >= 4 is 5.97 Å². The average molecular weight is 238 g/mol. The molecule has 4 unspecified atom stereocenters. The smallest absolute Gasteiger partial charge is 0.306 e. The van der Waals surface area contributed by atoms with Crippen LogP contribution in [0.4, 0.5) is 0 Å². The number of esters is 1. The number of carbonyl (C=O) groups excluding carboxylic acids is 1. The van der Waals surface area contributed by atoms with Gasteiger partial charge in [0.25, 0.3) is 0 Å². The molecule has 2 heteroatoms. The minimum absolute atomic E-state index is 0.0154. The molecule has 1 aliphatic carbocycles. The monoisotopic (exact) mass is 238 g/mol. The molecule has 0 aromatic rings. The fourth-order valence-electron chi connectivity index (χ4n) is 4.04. The van der Waals surface area contributed by atoms with Gasteiger partial charge in [-0.3, -0.25) is 4.79 Å². The number of ether oxygens (including phenoxy) is 1. The van der Waals surface area contributed by atoms with Crippen molar-refractivity contribution in [3.05, 3.63) is 0 Å². The van der Waals surface area contributed by atoms with Gasteiger partial charge >= 0.3 is 5.97 Å². The number of hydrogen-bond acceptors (Lipinski definition) is 2. The third kappa shape index (κ3) is 2.23. The molecule has 1 heterocycles. The highest BCUT2D eigenvalue weighted by Crippen LogP contribution is 2.57. The largest absolute Gasteiger partial charge is 0.462 e. The van der Waals surface area contributed by atoms with E-state index in [1.54, 1.807) is 0 Å². The fraction of sp³-hybridized carbons (Fsp3) is 0.933. The van der Waals surface area contributed by atoms with E-state index < -0.39 is 0 Å². The van der Waals surface area contributed by atoms with E-state index in [9.17, 15) is 4.79 Å². The summed E-state index contributed by atoms with van der Waals surface area (Å²) < 4.78 is 5.50. The molecule has 0 aromatic heterocycles. The highest BCUT2D eigenvalue weighted by molar-refractivity contribution is 5.72. The third-order valence-corrected chi connectivity index (χ3v) is 4.66. The van der Waals surface area contributed by atoms with Crippen molar-refractivity contribution in [1.29, 1.82) is 0 Å². The second-order valence-corrected chi connectivity index (χ2v) is 8.00. The Balaban J connectivity index is 2.30. The average Bonchev–Trinajstić information content (AvgIpc) is 2.54. The van der Waals surface area contributed by atoms with Crippen molar-refractivity contribution < 1.29 is 9.53 Å². The van der Waals surface area contributed by atoms with E-state index in [0.717, 1.165) is 6.42 Å². The van der Waals surface area contributed by atoms with Crippen LogP contribution >= 0.6 is 0 Å². The van der Waals surface area contributed by atoms with Crippen molar-refractivity contribution in [1.82, 2.24) is 0 Å². The van der Waals surface area contributed by atoms with E-state index in [2.05, 4.69) is 41.5 Å². The topological polar surface area (TPSA) is 26.3 Å². The fourth-order valence-corrected chi connectivity index (χ4v) is 4.04. The van der Waals surface area contributed by atoms with E-state index in [4.69, 9.17) is 4.74 Å². The molecule has 2 fully saturated rings. The maximum Gasteiger partial charge on any atom is 0.306 e. The van der Waals surface area contributed by atoms with Crippen molar-refractivity contribution in [2.24, 2.45) is 28.6 Å². The molecule has 0 amide bonds. The normalized spacial score (nSPS) is 38.1. The van der Waals surface area contributed by atoms with Crippen LogP contribution in [0.1, 0.15) is 54.4 Å². The van der Waals surface area contributed by atoms with Crippen molar-refractivity contribution in [3.63, 3.8) is 0 Å². The lowest BCUT2D eigenvalue weighted by atomic mass is 9.63. The molecule has 0 spiro atoms. The molecule has 0 aromatic carbocycles. The van der Waals surface area contributed by atoms with E-state index in [0.29, 0.717) is 29.6 Å². The lowest BCUT2D eigenvalue weighted by Gasteiger charge is -2.41. The molecule has 98 valence electrons. The second-order valence-electron chi connectivity index (χ2n) is 8.00. The molecule has 17 heavy (non-hydrogen) atoms. The quantitative estimate of drug-likeness (QED) is 0.602. The molecule has 0 N–H and O–H groups in total. The minimum atomic E-state index is 0.0154. The Morgan fingerprint density at radius 3 is 2.12 bits per heavy atom. The van der Waals surface area contributed by atoms with Gasteiger partial charge in [-0.2, -0.15) is 0 Å². The van der Waals surface area contributed by atoms with Gasteiger partial charge in [-0.25, -0.2) is 0 Å². The molecule has 1 saturated carbocycles. The molecular weight excluding hydrogens is 212 g/mol. The molecule has 2 aliphatic rings. The summed E-state index contributed by atoms with van der Waals surface area (Å²) in [5.41, 5.74) is 0.556. The molecule has 1 aliphatic heterocycles. The van der Waals surface area contributed by atoms with Crippen LogP contribution in [0.3, 0.4) is 0 Å². The number of rotatable bonds is 0. The summed E-state index contributed by atoms with van der Waals surface area (Å²) in [6.07, 6.45) is 1.89. The predicted molar refractivity (Wildman–Crippen MR) is 68.5 cm³/mol. The van der Waals surface area contributed by atoms with Gasteiger partial charge in [0.05, 0.1) is 6.42 Å². The first-order valence-electron chi connectivity index (χ1n) is 6.80. The van der Waals surface area contributed by atoms with Crippen molar-refractivity contribution in [3.8, 4) is 0 Å². The first kappa shape index (κ1) is 12.9. The lowest BCUT2D eigenvalue weighted by Crippen LogP contribution is -2.35. The van der Waals surface area contributed by atoms with Gasteiger partial charge in [0.2, 0.25) is 0 Å². The Hall–Kier alpha value is -0.530. The van der Waals surface area contributed by atoms with Gasteiger partial charge < -0.3 is 4.74 Å². The van der Waals surface area contributed by atoms with Crippen LogP contribution in [0.2, 0.25) is 0 Å². The first-order valence-corrected chi connectivity index (χ1v) is 6.80. The molecule has 1 saturated heterocycles. The molecule has 4 atom stereocenters. The zero-order chi connectivity index (χ0) is 13.0. The van der Waals surface area contributed by atoms with Crippen molar-refractivity contribution in [2.45, 2.75) is 60.5 Å². The highest BCUT2D eigenvalue weighted by Gasteiger charge is 2.56. The van der Waals surface area contributed by atoms with Crippen LogP contribution in [0.15, 0.2) is 0 Å². The maximum absolute atomic E-state index is 11.5. The Labute approximate surface area is 105 Å². The lowest BCUT2D eigenvalue weighted by molar-refractivity contribution is -0.141. The summed E-state index contributed by atoms with van der Waals surface area (Å²) in [4.78, 5) is 11.5. The maximum atomic E-state index is 11.5. The minimum Gasteiger partial charge on any atom is -0.462 e. The van der Waals surface area contributed by atoms with Crippen LogP contribution < -0.4 is 0 Å². The van der Waals surface area contributed by atoms with Gasteiger partial charge in [-0.1, -0.05) is 41.5 Å². The molecule has 2 nitrogen and oxygen atoms in total. The van der Waals surface area contributed by atoms with E-state index in [-0.39, 0.29) is 17.5 Å². The summed E-state index contributed by atoms with van der Waals surface area (Å²) in [5, 5.41) is 0. The summed E-state index contributed by atoms with van der Waals surface area (Å²) in [7, 11) is 0. The summed E-state index contributed by atoms with van der Waals surface area (Å²) in [5.74, 6) is 1.72. The Bertz CT molecular complexity index is 319. The van der Waals surface area contributed by atoms with Gasteiger partial charge in [0.1, 0.15) is 6.10 Å². The zero-order valence-electron chi connectivity index (χ0n) is 12.0. The van der Waals surface area contributed by atoms with E-state index >= 15 is 0 Å². The van der Waals surface area contributed by atoms with Gasteiger partial charge in [-0.05, 0) is 29.1 Å². The summed E-state index contributed by atoms with van der Waals surface area (Å²) >= 11 is 0. The van der Waals surface area contributed by atoms with Crippen LogP contribution in [0.25, 0.3) is 0 Å². The summed E-state index contributed by atoms with van der Waals surface area (Å²) in [6.45, 7) is 13.9. The van der Waals surface area contributed by atoms with Crippen LogP contribution in [-0.2, 0) is 9.53 Å². The SMILES string of the molecule is CC(C)(C)C1CC2OC(=O)CC2C1C(C)(C)C. The zero-order valence-corrected chi connectivity index (χ0v) is 12.0. The number of carbonyl (C=O) groups is 1. The highest BCUT2D eigenvalue weighted by atomic mass is 16.6. The third-order valence-electron chi connectivity index (χ3n) is 4.66. The van der Waals surface area contributed by atoms with Gasteiger partial charge in [-0.15, -0.1) is 0 Å². The molecule has 0 radical (unpaired) electrons. The Morgan fingerprint density at radius 2 is 1.65 bits per heavy atom. The van der Waals surface area contributed by atoms with Crippen LogP contribution in [0, 0.1) is 28.6 Å². The van der Waals surface area contributed by atoms with E-state index in [1.165, 1.54) is 0 Å². The van der Waals surface area contributed by atoms with E-state index in [1.807, 2.05) is 0 Å². The molecule has 0 bridgehead atoms. The predicted octanol–water partition coefficient (Wildman–Crippen LogP) is 3.65. The van der Waals surface area contributed by atoms with Gasteiger partial charge in [0.15, 0.2) is 0 Å². The van der Waals surface area contributed by atoms with Gasteiger partial charge in [0, 0.05) is 5.92 Å². The van der Waals surface area contributed by atoms with Crippen molar-refractivity contribution in [2.75, 3.05) is 0 Å². The first-order chi connectivity index (χ1) is 7.60. The molecule has 2 rings (SSSR count). The Kier molecular flexibility index (Phi) is 2.83. The Morgan fingerprint density at radius 1 is 1.06 bits per heavy atom. The van der Waals surface area contributed by atoms with Crippen LogP contribution in [0.5, 0.6) is 0 Å². The second kappa shape index (κ2) is 3.73. The number of hydrogen-bond donors (Lipinski definition) is 0. The summed E-state index contributed by atoms with van der Waals surface area (Å²) in [6, 6.07) is 0. The number of fused-ring (bicyclic) bond motifs is 1. The molecular formula is C15H26O2. The van der Waals surface area contributed by atoms with Crippen LogP contribution in [-0.4, -0.2) is 12.1 Å².